The van der Waals surface area contributed by atoms with Crippen molar-refractivity contribution in [1.82, 2.24) is 10.3 Å². The Bertz CT molecular complexity index is 672. The lowest BCUT2D eigenvalue weighted by atomic mass is 10.3. The van der Waals surface area contributed by atoms with Gasteiger partial charge in [-0.15, -0.1) is 11.3 Å². The molecule has 0 aliphatic rings. The van der Waals surface area contributed by atoms with Gasteiger partial charge in [0.15, 0.2) is 4.34 Å². The van der Waals surface area contributed by atoms with Crippen LogP contribution in [0.3, 0.4) is 0 Å². The zero-order valence-electron chi connectivity index (χ0n) is 11.6. The Morgan fingerprint density at radius 2 is 2.29 bits per heavy atom. The zero-order valence-corrected chi connectivity index (χ0v) is 13.2. The van der Waals surface area contributed by atoms with E-state index in [0.717, 1.165) is 16.0 Å². The third kappa shape index (κ3) is 3.85. The van der Waals surface area contributed by atoms with Crippen molar-refractivity contribution in [1.29, 1.82) is 0 Å². The number of hydrogen-bond donors (Lipinski definition) is 2. The third-order valence-electron chi connectivity index (χ3n) is 2.79. The highest BCUT2D eigenvalue weighted by Gasteiger charge is 2.22. The first kappa shape index (κ1) is 15.6. The molecule has 1 heterocycles. The van der Waals surface area contributed by atoms with Crippen LogP contribution in [0.25, 0.3) is 10.2 Å². The lowest BCUT2D eigenvalue weighted by molar-refractivity contribution is -0.124. The molecule has 21 heavy (non-hydrogen) atoms. The van der Waals surface area contributed by atoms with Gasteiger partial charge < -0.3 is 15.8 Å². The highest BCUT2D eigenvalue weighted by atomic mass is 32.2. The Labute approximate surface area is 130 Å². The summed E-state index contributed by atoms with van der Waals surface area (Å²) >= 11 is 2.66. The van der Waals surface area contributed by atoms with Crippen molar-refractivity contribution in [2.24, 2.45) is 5.73 Å². The van der Waals surface area contributed by atoms with Crippen LogP contribution in [0.1, 0.15) is 6.42 Å². The molecule has 0 aliphatic heterocycles. The molecule has 0 saturated heterocycles. The summed E-state index contributed by atoms with van der Waals surface area (Å²) in [6, 6.07) is 5.59. The number of methoxy groups -OCH3 is 1. The molecule has 1 unspecified atom stereocenters. The van der Waals surface area contributed by atoms with E-state index < -0.39 is 11.2 Å². The summed E-state index contributed by atoms with van der Waals surface area (Å²) in [5.41, 5.74) is 6.14. The first-order valence-electron chi connectivity index (χ1n) is 6.14. The molecule has 8 heteroatoms. The van der Waals surface area contributed by atoms with Gasteiger partial charge in [-0.3, -0.25) is 9.59 Å². The fraction of sp³-hybridized carbons (Fsp3) is 0.308. The first-order valence-corrected chi connectivity index (χ1v) is 7.84. The van der Waals surface area contributed by atoms with E-state index in [4.69, 9.17) is 10.5 Å². The summed E-state index contributed by atoms with van der Waals surface area (Å²) in [5, 5.41) is 1.85. The summed E-state index contributed by atoms with van der Waals surface area (Å²) in [7, 11) is 3.12. The van der Waals surface area contributed by atoms with Crippen molar-refractivity contribution in [3.63, 3.8) is 0 Å². The van der Waals surface area contributed by atoms with Gasteiger partial charge in [-0.1, -0.05) is 11.8 Å². The van der Waals surface area contributed by atoms with Crippen LogP contribution in [-0.4, -0.2) is 36.2 Å². The molecule has 112 valence electrons. The number of thiazole rings is 1. The Balaban J connectivity index is 2.20. The maximum absolute atomic E-state index is 11.4. The minimum atomic E-state index is -0.632. The Kier molecular flexibility index (Phi) is 5.03. The quantitative estimate of drug-likeness (QED) is 0.783. The van der Waals surface area contributed by atoms with Crippen LogP contribution in [0.15, 0.2) is 22.5 Å². The molecule has 1 aromatic carbocycles. The molecule has 1 atom stereocenters. The number of thioether (sulfide) groups is 1. The summed E-state index contributed by atoms with van der Waals surface area (Å²) in [6.07, 6.45) is 0.0374. The van der Waals surface area contributed by atoms with Crippen LogP contribution in [-0.2, 0) is 9.59 Å². The lowest BCUT2D eigenvalue weighted by Crippen LogP contribution is -2.31. The molecular weight excluding hydrogens is 310 g/mol. The normalized spacial score (nSPS) is 12.1. The van der Waals surface area contributed by atoms with E-state index in [9.17, 15) is 9.59 Å². The summed E-state index contributed by atoms with van der Waals surface area (Å²) in [5.74, 6) is -0.0318. The van der Waals surface area contributed by atoms with Crippen molar-refractivity contribution < 1.29 is 14.3 Å². The molecule has 0 radical (unpaired) electrons. The number of carbonyl (C=O) groups excluding carboxylic acids is 2. The highest BCUT2D eigenvalue weighted by molar-refractivity contribution is 8.02. The second-order valence-electron chi connectivity index (χ2n) is 4.20. The standard InChI is InChI=1S/C13H15N3O3S2/c1-15-11(17)6-10(12(14)18)21-13-16-8-5-7(19-2)3-4-9(8)20-13/h3-5,10H,6H2,1-2H3,(H2,14,18)(H,15,17). The molecule has 0 spiro atoms. The van der Waals surface area contributed by atoms with Crippen LogP contribution in [0.2, 0.25) is 0 Å². The van der Waals surface area contributed by atoms with E-state index in [-0.39, 0.29) is 12.3 Å². The summed E-state index contributed by atoms with van der Waals surface area (Å²) in [4.78, 5) is 27.3. The molecule has 1 aromatic heterocycles. The topological polar surface area (TPSA) is 94.3 Å². The molecule has 0 saturated carbocycles. The number of aromatic nitrogens is 1. The monoisotopic (exact) mass is 325 g/mol. The third-order valence-corrected chi connectivity index (χ3v) is 5.13. The number of rotatable bonds is 6. The van der Waals surface area contributed by atoms with Crippen LogP contribution < -0.4 is 15.8 Å². The Morgan fingerprint density at radius 3 is 2.90 bits per heavy atom. The van der Waals surface area contributed by atoms with Crippen LogP contribution in [0.5, 0.6) is 5.75 Å². The van der Waals surface area contributed by atoms with E-state index in [1.165, 1.54) is 30.1 Å². The number of ether oxygens (including phenoxy) is 1. The molecule has 2 rings (SSSR count). The average molecular weight is 325 g/mol. The number of benzene rings is 1. The highest BCUT2D eigenvalue weighted by Crippen LogP contribution is 2.34. The predicted octanol–water partition coefficient (Wildman–Crippen LogP) is 1.39. The molecule has 0 aliphatic carbocycles. The van der Waals surface area contributed by atoms with Gasteiger partial charge in [0.1, 0.15) is 5.75 Å². The van der Waals surface area contributed by atoms with Crippen molar-refractivity contribution in [2.75, 3.05) is 14.2 Å². The number of nitrogens with zero attached hydrogens (tertiary/aromatic N) is 1. The second kappa shape index (κ2) is 6.77. The SMILES string of the molecule is CNC(=O)CC(Sc1nc2cc(OC)ccc2s1)C(N)=O. The van der Waals surface area contributed by atoms with E-state index >= 15 is 0 Å². The Morgan fingerprint density at radius 1 is 1.52 bits per heavy atom. The number of fused-ring (bicyclic) bond motifs is 1. The first-order chi connectivity index (χ1) is 10.0. The molecule has 6 nitrogen and oxygen atoms in total. The van der Waals surface area contributed by atoms with Crippen LogP contribution in [0, 0.1) is 0 Å². The molecule has 0 bridgehead atoms. The van der Waals surface area contributed by atoms with Gasteiger partial charge in [-0.25, -0.2) is 4.98 Å². The van der Waals surface area contributed by atoms with Gasteiger partial charge in [0.2, 0.25) is 11.8 Å². The van der Waals surface area contributed by atoms with Crippen molar-refractivity contribution >= 4 is 45.1 Å². The fourth-order valence-electron chi connectivity index (χ4n) is 1.66. The Hall–Kier alpha value is -1.80. The number of primary amides is 1. The van der Waals surface area contributed by atoms with Crippen molar-refractivity contribution in [3.8, 4) is 5.75 Å². The summed E-state index contributed by atoms with van der Waals surface area (Å²) < 4.78 is 6.84. The van der Waals surface area contributed by atoms with Gasteiger partial charge in [0.05, 0.1) is 22.6 Å². The maximum atomic E-state index is 11.4. The van der Waals surface area contributed by atoms with E-state index in [1.807, 2.05) is 18.2 Å². The van der Waals surface area contributed by atoms with Gasteiger partial charge in [0.25, 0.3) is 0 Å². The van der Waals surface area contributed by atoms with Crippen LogP contribution in [0.4, 0.5) is 0 Å². The number of nitrogens with two attached hydrogens (primary N) is 1. The predicted molar refractivity (Wildman–Crippen MR) is 83.7 cm³/mol. The average Bonchev–Trinajstić information content (AvgIpc) is 2.87. The van der Waals surface area contributed by atoms with Crippen molar-refractivity contribution in [2.45, 2.75) is 16.0 Å². The van der Waals surface area contributed by atoms with Gasteiger partial charge in [0, 0.05) is 19.5 Å². The number of nitrogens with one attached hydrogen (secondary N) is 1. The van der Waals surface area contributed by atoms with Gasteiger partial charge in [-0.05, 0) is 12.1 Å². The molecular formula is C13H15N3O3S2. The maximum Gasteiger partial charge on any atom is 0.231 e. The lowest BCUT2D eigenvalue weighted by Gasteiger charge is -2.09. The minimum Gasteiger partial charge on any atom is -0.497 e. The van der Waals surface area contributed by atoms with Gasteiger partial charge in [-0.2, -0.15) is 0 Å². The fourth-order valence-corrected chi connectivity index (χ4v) is 3.89. The second-order valence-corrected chi connectivity index (χ2v) is 6.68. The zero-order chi connectivity index (χ0) is 15.4. The van der Waals surface area contributed by atoms with E-state index in [2.05, 4.69) is 10.3 Å². The van der Waals surface area contributed by atoms with Gasteiger partial charge >= 0.3 is 0 Å². The smallest absolute Gasteiger partial charge is 0.231 e. The molecule has 2 aromatic rings. The van der Waals surface area contributed by atoms with E-state index in [1.54, 1.807) is 7.11 Å². The molecule has 2 amide bonds. The molecule has 0 fully saturated rings. The summed E-state index contributed by atoms with van der Waals surface area (Å²) in [6.45, 7) is 0. The van der Waals surface area contributed by atoms with Crippen molar-refractivity contribution in [3.05, 3.63) is 18.2 Å². The number of hydrogen-bond acceptors (Lipinski definition) is 6. The minimum absolute atomic E-state index is 0.0374. The largest absolute Gasteiger partial charge is 0.497 e. The number of carbonyl (C=O) groups is 2. The van der Waals surface area contributed by atoms with E-state index in [0.29, 0.717) is 4.34 Å². The van der Waals surface area contributed by atoms with Crippen LogP contribution >= 0.6 is 23.1 Å². The number of amides is 2. The molecule has 3 N–H and O–H groups in total.